The van der Waals surface area contributed by atoms with E-state index in [1.807, 2.05) is 17.8 Å². The molecule has 2 aromatic heterocycles. The first-order valence-electron chi connectivity index (χ1n) is 5.75. The van der Waals surface area contributed by atoms with Crippen molar-refractivity contribution < 1.29 is 0 Å². The molecule has 3 rings (SSSR count). The summed E-state index contributed by atoms with van der Waals surface area (Å²) in [6, 6.07) is 0. The van der Waals surface area contributed by atoms with Crippen LogP contribution in [-0.4, -0.2) is 32.2 Å². The van der Waals surface area contributed by atoms with Crippen LogP contribution in [0.15, 0.2) is 12.4 Å². The van der Waals surface area contributed by atoms with Gasteiger partial charge in [0.1, 0.15) is 5.82 Å². The summed E-state index contributed by atoms with van der Waals surface area (Å²) in [7, 11) is 0. The lowest BCUT2D eigenvalue weighted by Gasteiger charge is -2.38. The topological polar surface area (TPSA) is 46.8 Å². The summed E-state index contributed by atoms with van der Waals surface area (Å²) in [5.74, 6) is 1.55. The second-order valence-electron chi connectivity index (χ2n) is 4.63. The Balaban J connectivity index is 1.55. The van der Waals surface area contributed by atoms with Gasteiger partial charge in [0.05, 0.1) is 6.20 Å². The molecule has 1 fully saturated rings. The summed E-state index contributed by atoms with van der Waals surface area (Å²) in [5.41, 5.74) is 1.22. The average molecular weight is 249 g/mol. The number of rotatable bonds is 3. The van der Waals surface area contributed by atoms with E-state index in [4.69, 9.17) is 0 Å². The zero-order valence-corrected chi connectivity index (χ0v) is 10.8. The van der Waals surface area contributed by atoms with Crippen LogP contribution in [-0.2, 0) is 6.54 Å². The van der Waals surface area contributed by atoms with E-state index in [1.54, 1.807) is 0 Å². The van der Waals surface area contributed by atoms with E-state index in [9.17, 15) is 0 Å². The van der Waals surface area contributed by atoms with Crippen LogP contribution in [0.4, 0.5) is 5.13 Å². The van der Waals surface area contributed by atoms with Gasteiger partial charge in [-0.25, -0.2) is 4.98 Å². The minimum absolute atomic E-state index is 0.679. The summed E-state index contributed by atoms with van der Waals surface area (Å²) >= 11 is 1.49. The molecule has 1 aliphatic heterocycles. The van der Waals surface area contributed by atoms with Gasteiger partial charge in [-0.1, -0.05) is 0 Å². The van der Waals surface area contributed by atoms with E-state index in [0.29, 0.717) is 5.92 Å². The number of aromatic nitrogens is 4. The van der Waals surface area contributed by atoms with Crippen molar-refractivity contribution in [1.29, 1.82) is 0 Å². The SMILES string of the molecule is Cc1cnn(CC2CN(c3nc(C)ns3)C2)c1. The normalized spacial score (nSPS) is 16.2. The molecule has 0 atom stereocenters. The van der Waals surface area contributed by atoms with Gasteiger partial charge in [0.15, 0.2) is 0 Å². The quantitative estimate of drug-likeness (QED) is 0.827. The maximum atomic E-state index is 4.39. The van der Waals surface area contributed by atoms with Crippen molar-refractivity contribution in [2.24, 2.45) is 5.92 Å². The van der Waals surface area contributed by atoms with Crippen LogP contribution in [0.25, 0.3) is 0 Å². The Bertz CT molecular complexity index is 511. The molecular formula is C11H15N5S. The van der Waals surface area contributed by atoms with Crippen molar-refractivity contribution in [2.75, 3.05) is 18.0 Å². The molecule has 0 aliphatic carbocycles. The van der Waals surface area contributed by atoms with Crippen LogP contribution >= 0.6 is 11.5 Å². The Hall–Kier alpha value is -1.43. The number of hydrogen-bond donors (Lipinski definition) is 0. The smallest absolute Gasteiger partial charge is 0.205 e. The van der Waals surface area contributed by atoms with Crippen LogP contribution in [0.5, 0.6) is 0 Å². The summed E-state index contributed by atoms with van der Waals surface area (Å²) in [6.45, 7) is 7.13. The van der Waals surface area contributed by atoms with E-state index < -0.39 is 0 Å². The predicted octanol–water partition coefficient (Wildman–Crippen LogP) is 1.49. The van der Waals surface area contributed by atoms with Gasteiger partial charge in [-0.05, 0) is 19.4 Å². The third-order valence-electron chi connectivity index (χ3n) is 2.95. The summed E-state index contributed by atoms with van der Waals surface area (Å²) < 4.78 is 6.23. The first-order valence-corrected chi connectivity index (χ1v) is 6.52. The van der Waals surface area contributed by atoms with Crippen molar-refractivity contribution in [3.8, 4) is 0 Å². The van der Waals surface area contributed by atoms with Crippen molar-refractivity contribution in [2.45, 2.75) is 20.4 Å². The third-order valence-corrected chi connectivity index (χ3v) is 3.82. The van der Waals surface area contributed by atoms with Crippen LogP contribution in [0.2, 0.25) is 0 Å². The Morgan fingerprint density at radius 2 is 2.24 bits per heavy atom. The van der Waals surface area contributed by atoms with Gasteiger partial charge < -0.3 is 4.90 Å². The highest BCUT2D eigenvalue weighted by molar-refractivity contribution is 7.09. The Morgan fingerprint density at radius 1 is 1.41 bits per heavy atom. The highest BCUT2D eigenvalue weighted by atomic mass is 32.1. The number of aryl methyl sites for hydroxylation is 2. The summed E-state index contributed by atoms with van der Waals surface area (Å²) in [5, 5.41) is 5.36. The Kier molecular flexibility index (Phi) is 2.58. The highest BCUT2D eigenvalue weighted by Crippen LogP contribution is 2.26. The van der Waals surface area contributed by atoms with Gasteiger partial charge in [0, 0.05) is 43.3 Å². The molecule has 1 aliphatic rings. The van der Waals surface area contributed by atoms with Crippen LogP contribution in [0.3, 0.4) is 0 Å². The van der Waals surface area contributed by atoms with Gasteiger partial charge in [-0.3, -0.25) is 4.68 Å². The summed E-state index contributed by atoms with van der Waals surface area (Å²) in [4.78, 5) is 6.67. The van der Waals surface area contributed by atoms with E-state index in [0.717, 1.165) is 30.6 Å². The van der Waals surface area contributed by atoms with Crippen LogP contribution in [0, 0.1) is 19.8 Å². The lowest BCUT2D eigenvalue weighted by atomic mass is 10.0. The molecule has 1 saturated heterocycles. The predicted molar refractivity (Wildman–Crippen MR) is 67.3 cm³/mol. The number of nitrogens with zero attached hydrogens (tertiary/aromatic N) is 5. The lowest BCUT2D eigenvalue weighted by molar-refractivity contribution is 0.342. The zero-order chi connectivity index (χ0) is 11.8. The fourth-order valence-electron chi connectivity index (χ4n) is 2.09. The Labute approximate surface area is 104 Å². The molecule has 2 aromatic rings. The molecule has 90 valence electrons. The fraction of sp³-hybridized carbons (Fsp3) is 0.545. The molecule has 0 aromatic carbocycles. The maximum absolute atomic E-state index is 4.39. The molecule has 0 amide bonds. The number of hydrogen-bond acceptors (Lipinski definition) is 5. The number of anilines is 1. The largest absolute Gasteiger partial charge is 0.346 e. The first kappa shape index (κ1) is 10.7. The van der Waals surface area contributed by atoms with Crippen LogP contribution in [0.1, 0.15) is 11.4 Å². The van der Waals surface area contributed by atoms with E-state index in [2.05, 4.69) is 32.5 Å². The molecule has 0 radical (unpaired) electrons. The van der Waals surface area contributed by atoms with Gasteiger partial charge in [0.25, 0.3) is 0 Å². The molecule has 0 bridgehead atoms. The molecule has 5 nitrogen and oxygen atoms in total. The monoisotopic (exact) mass is 249 g/mol. The average Bonchev–Trinajstić information content (AvgIpc) is 2.81. The van der Waals surface area contributed by atoms with E-state index >= 15 is 0 Å². The molecule has 0 spiro atoms. The third kappa shape index (κ3) is 2.17. The maximum Gasteiger partial charge on any atom is 0.205 e. The molecular weight excluding hydrogens is 234 g/mol. The molecule has 3 heterocycles. The highest BCUT2D eigenvalue weighted by Gasteiger charge is 2.29. The van der Waals surface area contributed by atoms with E-state index in [1.165, 1.54) is 17.1 Å². The molecule has 0 unspecified atom stereocenters. The van der Waals surface area contributed by atoms with Crippen LogP contribution < -0.4 is 4.90 Å². The molecule has 17 heavy (non-hydrogen) atoms. The fourth-order valence-corrected chi connectivity index (χ4v) is 2.78. The second-order valence-corrected chi connectivity index (χ2v) is 5.37. The standard InChI is InChI=1S/C11H15N5S/c1-8-3-12-16(4-8)7-10-5-15(6-10)11-13-9(2)14-17-11/h3-4,10H,5-7H2,1-2H3. The minimum Gasteiger partial charge on any atom is -0.346 e. The van der Waals surface area contributed by atoms with Gasteiger partial charge in [-0.2, -0.15) is 9.47 Å². The van der Waals surface area contributed by atoms with Crippen molar-refractivity contribution >= 4 is 16.7 Å². The molecule has 0 saturated carbocycles. The lowest BCUT2D eigenvalue weighted by Crippen LogP contribution is -2.48. The van der Waals surface area contributed by atoms with Crippen molar-refractivity contribution in [3.05, 3.63) is 23.8 Å². The van der Waals surface area contributed by atoms with Gasteiger partial charge in [-0.15, -0.1) is 0 Å². The molecule has 6 heteroatoms. The van der Waals surface area contributed by atoms with Gasteiger partial charge in [0.2, 0.25) is 5.13 Å². The Morgan fingerprint density at radius 3 is 2.82 bits per heavy atom. The van der Waals surface area contributed by atoms with E-state index in [-0.39, 0.29) is 0 Å². The van der Waals surface area contributed by atoms with Crippen molar-refractivity contribution in [1.82, 2.24) is 19.1 Å². The summed E-state index contributed by atoms with van der Waals surface area (Å²) in [6.07, 6.45) is 4.00. The second kappa shape index (κ2) is 4.10. The molecule has 0 N–H and O–H groups in total. The van der Waals surface area contributed by atoms with Crippen molar-refractivity contribution in [3.63, 3.8) is 0 Å². The zero-order valence-electron chi connectivity index (χ0n) is 10.00. The first-order chi connectivity index (χ1) is 8.20. The minimum atomic E-state index is 0.679. The van der Waals surface area contributed by atoms with Gasteiger partial charge >= 0.3 is 0 Å².